The van der Waals surface area contributed by atoms with Crippen molar-refractivity contribution < 1.29 is 45.6 Å². The van der Waals surface area contributed by atoms with Gasteiger partial charge >= 0.3 is 37.7 Å². The van der Waals surface area contributed by atoms with Gasteiger partial charge in [0.05, 0.1) is 9.79 Å². The molecule has 0 spiro atoms. The van der Waals surface area contributed by atoms with Crippen molar-refractivity contribution in [3.05, 3.63) is 96.1 Å². The second-order valence-electron chi connectivity index (χ2n) is 15.5. The van der Waals surface area contributed by atoms with Crippen LogP contribution in [0.4, 0.5) is 0 Å². The van der Waals surface area contributed by atoms with E-state index in [9.17, 15) is 31.6 Å². The van der Waals surface area contributed by atoms with Gasteiger partial charge in [0.1, 0.15) is 27.4 Å². The summed E-state index contributed by atoms with van der Waals surface area (Å²) in [6.07, 6.45) is 28.4. The molecule has 0 heterocycles. The first-order valence-electron chi connectivity index (χ1n) is 21.9. The monoisotopic (exact) mass is 906 g/mol. The fourth-order valence-corrected chi connectivity index (χ4v) is 7.79. The fourth-order valence-electron chi connectivity index (χ4n) is 6.81. The molecular formula is C48H66CaO10S2. The van der Waals surface area contributed by atoms with Gasteiger partial charge in [0.25, 0.3) is 10.1 Å². The molecule has 13 heteroatoms. The van der Waals surface area contributed by atoms with E-state index < -0.39 is 30.9 Å². The second-order valence-corrected chi connectivity index (χ2v) is 18.3. The summed E-state index contributed by atoms with van der Waals surface area (Å²) in [4.78, 5) is -0.925. The maximum absolute atomic E-state index is 11.9. The summed E-state index contributed by atoms with van der Waals surface area (Å²) in [5, 5.41) is 21.9. The van der Waals surface area contributed by atoms with Crippen LogP contribution < -0.4 is 14.6 Å². The van der Waals surface area contributed by atoms with E-state index in [0.29, 0.717) is 11.5 Å². The predicted molar refractivity (Wildman–Crippen MR) is 242 cm³/mol. The van der Waals surface area contributed by atoms with Gasteiger partial charge in [-0.3, -0.25) is 4.55 Å². The van der Waals surface area contributed by atoms with E-state index in [-0.39, 0.29) is 59.9 Å². The predicted octanol–water partition coefficient (Wildman–Crippen LogP) is 12.4. The molecule has 4 aromatic carbocycles. The van der Waals surface area contributed by atoms with Crippen LogP contribution in [-0.2, 0) is 33.1 Å². The number of aryl methyl sites for hydroxylation is 2. The van der Waals surface area contributed by atoms with Gasteiger partial charge in [-0.15, -0.1) is 0 Å². The van der Waals surface area contributed by atoms with Crippen molar-refractivity contribution in [3.63, 3.8) is 0 Å². The molecule has 332 valence electrons. The molecule has 0 aromatic heterocycles. The van der Waals surface area contributed by atoms with E-state index in [1.807, 2.05) is 36.4 Å². The zero-order chi connectivity index (χ0) is 43.6. The molecule has 0 radical (unpaired) electrons. The van der Waals surface area contributed by atoms with E-state index in [4.69, 9.17) is 14.0 Å². The van der Waals surface area contributed by atoms with Gasteiger partial charge in [-0.2, -0.15) is 8.42 Å². The van der Waals surface area contributed by atoms with Crippen molar-refractivity contribution in [1.82, 2.24) is 0 Å². The Kier molecular flexibility index (Phi) is 27.0. The largest absolute Gasteiger partial charge is 2.00 e. The van der Waals surface area contributed by atoms with Crippen molar-refractivity contribution >= 4 is 58.0 Å². The molecule has 4 aromatic rings. The molecule has 0 amide bonds. The third kappa shape index (κ3) is 22.9. The molecule has 0 saturated carbocycles. The van der Waals surface area contributed by atoms with Crippen LogP contribution in [0, 0.1) is 0 Å². The maximum atomic E-state index is 11.9. The van der Waals surface area contributed by atoms with Gasteiger partial charge in [-0.05, 0) is 91.4 Å². The average Bonchev–Trinajstić information content (AvgIpc) is 3.21. The van der Waals surface area contributed by atoms with Gasteiger partial charge in [0, 0.05) is 6.07 Å². The van der Waals surface area contributed by atoms with Crippen LogP contribution in [0.2, 0.25) is 0 Å². The zero-order valence-corrected chi connectivity index (χ0v) is 40.2. The van der Waals surface area contributed by atoms with Gasteiger partial charge in [-0.25, -0.2) is 8.42 Å². The Morgan fingerprint density at radius 2 is 0.852 bits per heavy atom. The first-order valence-corrected chi connectivity index (χ1v) is 24.8. The Labute approximate surface area is 396 Å². The number of ether oxygens (including phenoxy) is 2. The summed E-state index contributed by atoms with van der Waals surface area (Å²) in [5.74, 6) is 0.184. The number of hydrogen-bond donors (Lipinski definition) is 2. The number of hydrogen-bond acceptors (Lipinski definition) is 9. The van der Waals surface area contributed by atoms with Crippen LogP contribution in [0.15, 0.2) is 94.7 Å². The minimum absolute atomic E-state index is 0. The molecule has 0 bridgehead atoms. The van der Waals surface area contributed by atoms with E-state index in [1.165, 1.54) is 151 Å². The van der Waals surface area contributed by atoms with Crippen molar-refractivity contribution in [2.75, 3.05) is 0 Å². The molecule has 0 aliphatic heterocycles. The standard InChI is InChI=1S/2C24H34O5S.Ca/c2*1-2-3-4-5-6-7-8-9-10-11-12-20-13-15-21(16-14-20)29-24-18-17-22(19-23(24)25)30(26,27)28;/h2*13-19,25H,2-12H2,1H3,(H,26,27,28);/q;;+2/p-2. The van der Waals surface area contributed by atoms with Gasteiger partial charge < -0.3 is 24.2 Å². The summed E-state index contributed by atoms with van der Waals surface area (Å²) in [7, 11) is -9.01. The van der Waals surface area contributed by atoms with Crippen molar-refractivity contribution in [2.24, 2.45) is 0 Å². The third-order valence-corrected chi connectivity index (χ3v) is 12.1. The number of benzene rings is 4. The SMILES string of the molecule is CCCCCCCCCCCCc1ccc(Oc2ccc(S(=O)(=O)O)cc2O)cc1.CCCCCCCCCCCCc1ccc(Oc2ccc(S(=O)(=O)[O-])cc2[O-])cc1.[Ca+2]. The topological polar surface area (TPSA) is 173 Å². The minimum atomic E-state index is -4.65. The first-order chi connectivity index (χ1) is 28.8. The first kappa shape index (κ1) is 54.3. The molecule has 0 atom stereocenters. The molecule has 0 saturated heterocycles. The number of phenolic OH excluding ortho intramolecular Hbond substituents is 1. The Morgan fingerprint density at radius 3 is 1.21 bits per heavy atom. The molecule has 0 aliphatic rings. The van der Waals surface area contributed by atoms with E-state index >= 15 is 0 Å². The summed E-state index contributed by atoms with van der Waals surface area (Å²) in [6, 6.07) is 21.8. The minimum Gasteiger partial charge on any atom is -0.870 e. The van der Waals surface area contributed by atoms with E-state index in [0.717, 1.165) is 37.5 Å². The molecule has 0 unspecified atom stereocenters. The summed E-state index contributed by atoms with van der Waals surface area (Å²) >= 11 is 0. The summed E-state index contributed by atoms with van der Waals surface area (Å²) in [5.41, 5.74) is 2.46. The molecule has 2 N–H and O–H groups in total. The Bertz CT molecular complexity index is 1870. The van der Waals surface area contributed by atoms with Crippen LogP contribution in [0.3, 0.4) is 0 Å². The van der Waals surface area contributed by atoms with Crippen molar-refractivity contribution in [2.45, 2.75) is 165 Å². The van der Waals surface area contributed by atoms with Crippen LogP contribution in [0.25, 0.3) is 0 Å². The Morgan fingerprint density at radius 1 is 0.492 bits per heavy atom. The van der Waals surface area contributed by atoms with E-state index in [1.54, 1.807) is 12.1 Å². The van der Waals surface area contributed by atoms with E-state index in [2.05, 4.69) is 13.8 Å². The molecule has 4 rings (SSSR count). The number of rotatable bonds is 28. The van der Waals surface area contributed by atoms with Gasteiger partial charge in [0.15, 0.2) is 11.5 Å². The normalized spacial score (nSPS) is 11.3. The third-order valence-electron chi connectivity index (χ3n) is 10.4. The van der Waals surface area contributed by atoms with Crippen LogP contribution in [-0.4, -0.2) is 68.8 Å². The number of aromatic hydroxyl groups is 1. The summed E-state index contributed by atoms with van der Waals surface area (Å²) in [6.45, 7) is 4.49. The fraction of sp³-hybridized carbons (Fsp3) is 0.500. The van der Waals surface area contributed by atoms with Crippen molar-refractivity contribution in [3.8, 4) is 34.5 Å². The summed E-state index contributed by atoms with van der Waals surface area (Å²) < 4.78 is 75.3. The van der Waals surface area contributed by atoms with Crippen molar-refractivity contribution in [1.29, 1.82) is 0 Å². The molecule has 0 fully saturated rings. The average molecular weight is 907 g/mol. The van der Waals surface area contributed by atoms with Crippen LogP contribution in [0.1, 0.15) is 153 Å². The van der Waals surface area contributed by atoms with Gasteiger partial charge in [-0.1, -0.05) is 159 Å². The number of phenols is 1. The Hall–Kier alpha value is -2.84. The van der Waals surface area contributed by atoms with Gasteiger partial charge in [0.2, 0.25) is 0 Å². The van der Waals surface area contributed by atoms with Crippen LogP contribution >= 0.6 is 0 Å². The molecule has 10 nitrogen and oxygen atoms in total. The zero-order valence-electron chi connectivity index (χ0n) is 36.3. The second kappa shape index (κ2) is 30.3. The molecule has 0 aliphatic carbocycles. The van der Waals surface area contributed by atoms with Crippen LogP contribution in [0.5, 0.6) is 34.5 Å². The maximum Gasteiger partial charge on any atom is 2.00 e. The number of unbranched alkanes of at least 4 members (excludes halogenated alkanes) is 18. The molecular weight excluding hydrogens is 841 g/mol. The Balaban J connectivity index is 0.000000413. The quantitative estimate of drug-likeness (QED) is 0.0317. The molecule has 61 heavy (non-hydrogen) atoms. The smallest absolute Gasteiger partial charge is 0.870 e.